The first-order valence-corrected chi connectivity index (χ1v) is 10.0. The molecule has 1 fully saturated rings. The highest BCUT2D eigenvalue weighted by Gasteiger charge is 2.35. The zero-order valence-electron chi connectivity index (χ0n) is 17.2. The number of aromatic nitrogens is 2. The minimum atomic E-state index is -0.367. The number of aryl methyl sites for hydroxylation is 1. The van der Waals surface area contributed by atoms with Crippen molar-refractivity contribution in [2.75, 3.05) is 45.3 Å². The van der Waals surface area contributed by atoms with E-state index >= 15 is 0 Å². The molecule has 0 bridgehead atoms. The Labute approximate surface area is 188 Å². The second-order valence-electron chi connectivity index (χ2n) is 7.79. The summed E-state index contributed by atoms with van der Waals surface area (Å²) in [5.74, 6) is 0.508. The van der Waals surface area contributed by atoms with Crippen molar-refractivity contribution in [3.63, 3.8) is 0 Å². The van der Waals surface area contributed by atoms with E-state index in [4.69, 9.17) is 27.8 Å². The van der Waals surface area contributed by atoms with Gasteiger partial charge in [-0.3, -0.25) is 4.79 Å². The van der Waals surface area contributed by atoms with Gasteiger partial charge < -0.3 is 38.4 Å². The lowest BCUT2D eigenvalue weighted by Gasteiger charge is -2.29. The van der Waals surface area contributed by atoms with E-state index < -0.39 is 0 Å². The van der Waals surface area contributed by atoms with Gasteiger partial charge in [-0.1, -0.05) is 23.7 Å². The van der Waals surface area contributed by atoms with Gasteiger partial charge in [0.2, 0.25) is 0 Å². The third kappa shape index (κ3) is 5.87. The maximum atomic E-state index is 12.5. The molecule has 2 unspecified atom stereocenters. The minimum absolute atomic E-state index is 0. The highest BCUT2D eigenvalue weighted by Crippen LogP contribution is 2.21. The number of carbonyl (C=O) groups is 1. The number of hydrogen-bond acceptors (Lipinski definition) is 6. The standard InChI is InChI=1S/C20H27ClN6O2.ClH/c1-27(10-3-4-13-5-7-15(29-2)8-6-13)11-9-14(12-27)24-20(28)16-18(22)26-19(23)17(21)25-16;/h5-8,14H,3-4,9-12H2,1-2H3,(H4-,22,23,24,26,28);1H. The number of likely N-dealkylation sites (tertiary alicyclic amines) is 1. The fourth-order valence-electron chi connectivity index (χ4n) is 3.82. The Bertz CT molecular complexity index is 880. The Kier molecular flexibility index (Phi) is 8.11. The average Bonchev–Trinajstić information content (AvgIpc) is 3.05. The number of halogens is 2. The molecule has 1 aliphatic rings. The first-order valence-electron chi connectivity index (χ1n) is 9.65. The number of methoxy groups -OCH3 is 1. The van der Waals surface area contributed by atoms with Crippen molar-refractivity contribution >= 4 is 29.1 Å². The van der Waals surface area contributed by atoms with Crippen molar-refractivity contribution in [3.05, 3.63) is 40.7 Å². The van der Waals surface area contributed by atoms with Crippen molar-refractivity contribution in [1.82, 2.24) is 15.3 Å². The summed E-state index contributed by atoms with van der Waals surface area (Å²) in [4.78, 5) is 20.4. The molecule has 1 aromatic heterocycles. The van der Waals surface area contributed by atoms with Gasteiger partial charge in [-0.15, -0.1) is 0 Å². The van der Waals surface area contributed by atoms with E-state index in [9.17, 15) is 4.79 Å². The Balaban J connectivity index is 0.00000320. The third-order valence-electron chi connectivity index (χ3n) is 5.46. The molecule has 0 aliphatic carbocycles. The summed E-state index contributed by atoms with van der Waals surface area (Å²) in [6.45, 7) is 2.93. The van der Waals surface area contributed by atoms with Gasteiger partial charge in [-0.25, -0.2) is 9.97 Å². The third-order valence-corrected chi connectivity index (χ3v) is 5.73. The van der Waals surface area contributed by atoms with Crippen molar-refractivity contribution < 1.29 is 26.4 Å². The molecule has 0 saturated carbocycles. The molecular formula is C20H28Cl2N6O2. The van der Waals surface area contributed by atoms with Crippen molar-refractivity contribution in [2.24, 2.45) is 0 Å². The SMILES string of the molecule is COc1ccc(CCC[N+]2(C)CCC(NC(=O)c3nc(Cl)c(N)nc3N)C2)cc1.[Cl-]. The largest absolute Gasteiger partial charge is 1.00 e. The van der Waals surface area contributed by atoms with Crippen LogP contribution in [0, 0.1) is 0 Å². The molecule has 0 radical (unpaired) electrons. The van der Waals surface area contributed by atoms with Gasteiger partial charge >= 0.3 is 0 Å². The molecule has 1 aliphatic heterocycles. The number of nitrogens with zero attached hydrogens (tertiary/aromatic N) is 3. The topological polar surface area (TPSA) is 116 Å². The zero-order chi connectivity index (χ0) is 21.0. The molecule has 1 amide bonds. The van der Waals surface area contributed by atoms with Gasteiger partial charge in [0.15, 0.2) is 22.5 Å². The van der Waals surface area contributed by atoms with E-state index in [1.165, 1.54) is 5.56 Å². The lowest BCUT2D eigenvalue weighted by molar-refractivity contribution is -0.898. The first kappa shape index (κ1) is 24.0. The predicted octanol–water partition coefficient (Wildman–Crippen LogP) is -1.11. The van der Waals surface area contributed by atoms with Crippen LogP contribution in [0.2, 0.25) is 5.15 Å². The van der Waals surface area contributed by atoms with Crippen LogP contribution in [0.1, 0.15) is 28.9 Å². The summed E-state index contributed by atoms with van der Waals surface area (Å²) < 4.78 is 6.12. The fraction of sp³-hybridized carbons (Fsp3) is 0.450. The van der Waals surface area contributed by atoms with Gasteiger partial charge in [-0.2, -0.15) is 0 Å². The van der Waals surface area contributed by atoms with Crippen LogP contribution in [-0.4, -0.2) is 60.2 Å². The van der Waals surface area contributed by atoms with E-state index in [2.05, 4.69) is 34.5 Å². The van der Waals surface area contributed by atoms with E-state index in [-0.39, 0.29) is 46.8 Å². The quantitative estimate of drug-likeness (QED) is 0.456. The molecule has 1 aromatic carbocycles. The van der Waals surface area contributed by atoms with Crippen LogP contribution < -0.4 is 33.9 Å². The molecule has 2 aromatic rings. The van der Waals surface area contributed by atoms with Gasteiger partial charge in [0.25, 0.3) is 5.91 Å². The Morgan fingerprint density at radius 2 is 1.97 bits per heavy atom. The lowest BCUT2D eigenvalue weighted by Crippen LogP contribution is -3.00. The summed E-state index contributed by atoms with van der Waals surface area (Å²) in [5.41, 5.74) is 12.7. The Morgan fingerprint density at radius 3 is 2.63 bits per heavy atom. The number of carbonyl (C=O) groups excluding carboxylic acids is 1. The smallest absolute Gasteiger partial charge is 0.274 e. The molecular weight excluding hydrogens is 427 g/mol. The molecule has 30 heavy (non-hydrogen) atoms. The maximum Gasteiger partial charge on any atom is 0.274 e. The number of quaternary nitrogens is 1. The summed E-state index contributed by atoms with van der Waals surface area (Å²) in [5, 5.41) is 2.99. The normalized spacial score (nSPS) is 20.4. The van der Waals surface area contributed by atoms with Gasteiger partial charge in [0.1, 0.15) is 5.75 Å². The van der Waals surface area contributed by atoms with Crippen LogP contribution in [0.3, 0.4) is 0 Å². The van der Waals surface area contributed by atoms with Crippen LogP contribution in [0.25, 0.3) is 0 Å². The number of anilines is 2. The number of ether oxygens (including phenoxy) is 1. The molecule has 2 atom stereocenters. The molecule has 10 heteroatoms. The number of amides is 1. The number of nitrogens with one attached hydrogen (secondary N) is 1. The highest BCUT2D eigenvalue weighted by atomic mass is 35.5. The summed E-state index contributed by atoms with van der Waals surface area (Å²) in [6.07, 6.45) is 3.00. The van der Waals surface area contributed by atoms with Gasteiger partial charge in [-0.05, 0) is 24.1 Å². The van der Waals surface area contributed by atoms with Crippen LogP contribution in [0.15, 0.2) is 24.3 Å². The fourth-order valence-corrected chi connectivity index (χ4v) is 3.95. The molecule has 2 heterocycles. The Hall–Kier alpha value is -2.29. The first-order chi connectivity index (χ1) is 13.8. The monoisotopic (exact) mass is 454 g/mol. The Morgan fingerprint density at radius 1 is 1.27 bits per heavy atom. The van der Waals surface area contributed by atoms with Gasteiger partial charge in [0.05, 0.1) is 39.8 Å². The van der Waals surface area contributed by atoms with Crippen LogP contribution >= 0.6 is 11.6 Å². The van der Waals surface area contributed by atoms with Gasteiger partial charge in [0, 0.05) is 12.8 Å². The van der Waals surface area contributed by atoms with Crippen molar-refractivity contribution in [2.45, 2.75) is 25.3 Å². The van der Waals surface area contributed by atoms with E-state index in [1.807, 2.05) is 12.1 Å². The zero-order valence-corrected chi connectivity index (χ0v) is 18.7. The van der Waals surface area contributed by atoms with E-state index in [1.54, 1.807) is 7.11 Å². The summed E-state index contributed by atoms with van der Waals surface area (Å²) in [6, 6.07) is 8.26. The van der Waals surface area contributed by atoms with Crippen LogP contribution in [-0.2, 0) is 6.42 Å². The van der Waals surface area contributed by atoms with Crippen molar-refractivity contribution in [3.8, 4) is 5.75 Å². The number of benzene rings is 1. The highest BCUT2D eigenvalue weighted by molar-refractivity contribution is 6.31. The second-order valence-corrected chi connectivity index (χ2v) is 8.15. The van der Waals surface area contributed by atoms with E-state index in [0.29, 0.717) is 0 Å². The van der Waals surface area contributed by atoms with Crippen LogP contribution in [0.5, 0.6) is 5.75 Å². The van der Waals surface area contributed by atoms with E-state index in [0.717, 1.165) is 49.1 Å². The molecule has 164 valence electrons. The number of nitrogen functional groups attached to an aromatic ring is 2. The maximum absolute atomic E-state index is 12.5. The number of likely N-dealkylation sites (N-methyl/N-ethyl adjacent to an activating group) is 1. The van der Waals surface area contributed by atoms with Crippen molar-refractivity contribution in [1.29, 1.82) is 0 Å². The molecule has 3 rings (SSSR count). The molecule has 5 N–H and O–H groups in total. The lowest BCUT2D eigenvalue weighted by atomic mass is 10.1. The molecule has 8 nitrogen and oxygen atoms in total. The minimum Gasteiger partial charge on any atom is -1.00 e. The number of rotatable bonds is 7. The molecule has 0 spiro atoms. The van der Waals surface area contributed by atoms with Crippen LogP contribution in [0.4, 0.5) is 11.6 Å². The average molecular weight is 455 g/mol. The molecule has 1 saturated heterocycles. The number of nitrogens with two attached hydrogens (primary N) is 2. The number of hydrogen-bond donors (Lipinski definition) is 3. The summed E-state index contributed by atoms with van der Waals surface area (Å²) in [7, 11) is 3.90. The second kappa shape index (κ2) is 10.1. The summed E-state index contributed by atoms with van der Waals surface area (Å²) >= 11 is 5.87. The predicted molar refractivity (Wildman–Crippen MR) is 114 cm³/mol.